The van der Waals surface area contributed by atoms with Gasteiger partial charge in [-0.3, -0.25) is 4.79 Å². The number of carbonyl (C=O) groups excluding carboxylic acids is 1. The Morgan fingerprint density at radius 3 is 3.00 bits per heavy atom. The molecule has 6 heteroatoms. The number of nitrogens with two attached hydrogens (primary N) is 1. The van der Waals surface area contributed by atoms with E-state index in [-0.39, 0.29) is 0 Å². The Hall–Kier alpha value is -1.56. The Morgan fingerprint density at radius 1 is 1.62 bits per heavy atom. The number of nitrogens with zero attached hydrogens (tertiary/aromatic N) is 1. The standard InChI is InChI=1S/C7H9N3O3/c8-7(12)10-6(11)4-1-2-9-3-5(4)13-10/h9H,1-3H2,(H2,8,12). The van der Waals surface area contributed by atoms with E-state index in [1.165, 1.54) is 0 Å². The van der Waals surface area contributed by atoms with Crippen molar-refractivity contribution in [3.8, 4) is 0 Å². The largest absolute Gasteiger partial charge is 0.370 e. The van der Waals surface area contributed by atoms with Gasteiger partial charge in [0.25, 0.3) is 5.56 Å². The van der Waals surface area contributed by atoms with Gasteiger partial charge in [0.15, 0.2) is 5.76 Å². The van der Waals surface area contributed by atoms with Crippen molar-refractivity contribution in [1.29, 1.82) is 0 Å². The number of nitrogens with one attached hydrogen (secondary N) is 1. The summed E-state index contributed by atoms with van der Waals surface area (Å²) in [6.07, 6.45) is 0.581. The predicted molar refractivity (Wildman–Crippen MR) is 43.4 cm³/mol. The van der Waals surface area contributed by atoms with Crippen molar-refractivity contribution in [3.63, 3.8) is 0 Å². The van der Waals surface area contributed by atoms with Gasteiger partial charge in [-0.2, -0.15) is 0 Å². The fraction of sp³-hybridized carbons (Fsp3) is 0.429. The highest BCUT2D eigenvalue weighted by molar-refractivity contribution is 5.73. The fourth-order valence-electron chi connectivity index (χ4n) is 1.39. The lowest BCUT2D eigenvalue weighted by Crippen LogP contribution is -2.31. The maximum Gasteiger partial charge on any atom is 0.355 e. The molecule has 0 bridgehead atoms. The van der Waals surface area contributed by atoms with Gasteiger partial charge >= 0.3 is 6.03 Å². The summed E-state index contributed by atoms with van der Waals surface area (Å²) in [4.78, 5) is 22.1. The summed E-state index contributed by atoms with van der Waals surface area (Å²) < 4.78 is 5.56. The smallest absolute Gasteiger partial charge is 0.355 e. The van der Waals surface area contributed by atoms with Gasteiger partial charge < -0.3 is 15.6 Å². The second-order valence-corrected chi connectivity index (χ2v) is 2.86. The lowest BCUT2D eigenvalue weighted by Gasteiger charge is -2.07. The summed E-state index contributed by atoms with van der Waals surface area (Å²) in [5.41, 5.74) is 5.06. The van der Waals surface area contributed by atoms with Gasteiger partial charge in [-0.25, -0.2) is 4.79 Å². The van der Waals surface area contributed by atoms with Gasteiger partial charge in [-0.1, -0.05) is 4.74 Å². The molecule has 1 amide bonds. The molecule has 0 aromatic carbocycles. The van der Waals surface area contributed by atoms with E-state index in [1.54, 1.807) is 0 Å². The van der Waals surface area contributed by atoms with Crippen LogP contribution in [0.5, 0.6) is 0 Å². The van der Waals surface area contributed by atoms with Gasteiger partial charge in [-0.15, -0.1) is 0 Å². The molecule has 1 aromatic rings. The van der Waals surface area contributed by atoms with Crippen LogP contribution in [0, 0.1) is 0 Å². The van der Waals surface area contributed by atoms with Crippen LogP contribution in [0.2, 0.25) is 0 Å². The number of primary amides is 1. The first-order valence-corrected chi connectivity index (χ1v) is 3.95. The molecule has 13 heavy (non-hydrogen) atoms. The van der Waals surface area contributed by atoms with E-state index in [0.717, 1.165) is 6.54 Å². The normalized spacial score (nSPS) is 15.4. The first kappa shape index (κ1) is 8.06. The highest BCUT2D eigenvalue weighted by atomic mass is 16.5. The molecule has 0 atom stereocenters. The minimum Gasteiger partial charge on any atom is -0.370 e. The summed E-state index contributed by atoms with van der Waals surface area (Å²) in [5.74, 6) is 0.509. The van der Waals surface area contributed by atoms with Gasteiger partial charge in [0, 0.05) is 0 Å². The molecule has 2 rings (SSSR count). The molecule has 0 spiro atoms. The van der Waals surface area contributed by atoms with E-state index in [0.29, 0.717) is 29.0 Å². The number of amides is 1. The van der Waals surface area contributed by atoms with Crippen molar-refractivity contribution in [2.24, 2.45) is 5.73 Å². The van der Waals surface area contributed by atoms with Crippen LogP contribution in [-0.2, 0) is 13.0 Å². The molecule has 0 fully saturated rings. The maximum atomic E-state index is 11.4. The van der Waals surface area contributed by atoms with Crippen LogP contribution in [0.3, 0.4) is 0 Å². The number of aromatic nitrogens is 1. The third-order valence-corrected chi connectivity index (χ3v) is 2.02. The predicted octanol–water partition coefficient (Wildman–Crippen LogP) is -0.986. The molecule has 1 aliphatic heterocycles. The van der Waals surface area contributed by atoms with Crippen molar-refractivity contribution in [3.05, 3.63) is 21.7 Å². The van der Waals surface area contributed by atoms with Crippen molar-refractivity contribution >= 4 is 6.03 Å². The van der Waals surface area contributed by atoms with E-state index in [4.69, 9.17) is 10.3 Å². The molecule has 70 valence electrons. The number of carbonyl (C=O) groups is 1. The Morgan fingerprint density at radius 2 is 2.38 bits per heavy atom. The average Bonchev–Trinajstić information content (AvgIpc) is 2.45. The van der Waals surface area contributed by atoms with Crippen molar-refractivity contribution in [2.45, 2.75) is 13.0 Å². The number of hydrogen-bond donors (Lipinski definition) is 2. The van der Waals surface area contributed by atoms with Gasteiger partial charge in [0.05, 0.1) is 12.1 Å². The lowest BCUT2D eigenvalue weighted by atomic mass is 10.1. The molecule has 0 radical (unpaired) electrons. The zero-order chi connectivity index (χ0) is 9.42. The van der Waals surface area contributed by atoms with Crippen LogP contribution in [0.15, 0.2) is 9.32 Å². The maximum absolute atomic E-state index is 11.4. The topological polar surface area (TPSA) is 90.3 Å². The van der Waals surface area contributed by atoms with Crippen LogP contribution < -0.4 is 16.6 Å². The molecule has 0 aliphatic carbocycles. The van der Waals surface area contributed by atoms with Gasteiger partial charge in [0.1, 0.15) is 0 Å². The monoisotopic (exact) mass is 183 g/mol. The summed E-state index contributed by atoms with van der Waals surface area (Å²) in [6, 6.07) is -0.876. The Bertz CT molecular complexity index is 404. The van der Waals surface area contributed by atoms with E-state index in [9.17, 15) is 9.59 Å². The third kappa shape index (κ3) is 1.15. The highest BCUT2D eigenvalue weighted by Gasteiger charge is 2.21. The lowest BCUT2D eigenvalue weighted by molar-refractivity contribution is 0.211. The molecule has 6 nitrogen and oxygen atoms in total. The minimum absolute atomic E-state index is 0.427. The summed E-state index contributed by atoms with van der Waals surface area (Å²) in [5, 5.41) is 3.02. The van der Waals surface area contributed by atoms with Crippen LogP contribution in [0.1, 0.15) is 11.3 Å². The second-order valence-electron chi connectivity index (χ2n) is 2.86. The van der Waals surface area contributed by atoms with E-state index >= 15 is 0 Å². The first-order valence-electron chi connectivity index (χ1n) is 3.95. The average molecular weight is 183 g/mol. The fourth-order valence-corrected chi connectivity index (χ4v) is 1.39. The number of hydrogen-bond acceptors (Lipinski definition) is 4. The molecule has 3 N–H and O–H groups in total. The van der Waals surface area contributed by atoms with E-state index in [2.05, 4.69) is 5.32 Å². The van der Waals surface area contributed by atoms with Gasteiger partial charge in [0.2, 0.25) is 0 Å². The number of rotatable bonds is 0. The van der Waals surface area contributed by atoms with E-state index in [1.807, 2.05) is 0 Å². The highest BCUT2D eigenvalue weighted by Crippen LogP contribution is 2.09. The zero-order valence-electron chi connectivity index (χ0n) is 6.87. The van der Waals surface area contributed by atoms with Crippen LogP contribution >= 0.6 is 0 Å². The Labute approximate surface area is 73.3 Å². The van der Waals surface area contributed by atoms with Crippen molar-refractivity contribution in [2.75, 3.05) is 6.54 Å². The van der Waals surface area contributed by atoms with Gasteiger partial charge in [-0.05, 0) is 13.0 Å². The van der Waals surface area contributed by atoms with Crippen LogP contribution in [0.4, 0.5) is 4.79 Å². The molecular formula is C7H9N3O3. The summed E-state index contributed by atoms with van der Waals surface area (Å²) >= 11 is 0. The Kier molecular flexibility index (Phi) is 1.70. The van der Waals surface area contributed by atoms with Crippen LogP contribution in [-0.4, -0.2) is 17.3 Å². The van der Waals surface area contributed by atoms with E-state index < -0.39 is 11.6 Å². The summed E-state index contributed by atoms with van der Waals surface area (Å²) in [6.45, 7) is 1.20. The number of fused-ring (bicyclic) bond motifs is 1. The second kappa shape index (κ2) is 2.74. The molecule has 0 saturated carbocycles. The molecule has 0 unspecified atom stereocenters. The zero-order valence-corrected chi connectivity index (χ0v) is 6.87. The first-order chi connectivity index (χ1) is 6.20. The van der Waals surface area contributed by atoms with Crippen molar-refractivity contribution in [1.82, 2.24) is 10.1 Å². The summed E-state index contributed by atoms with van der Waals surface area (Å²) in [7, 11) is 0. The minimum atomic E-state index is -0.876. The molecular weight excluding hydrogens is 174 g/mol. The quantitative estimate of drug-likeness (QED) is 0.540. The van der Waals surface area contributed by atoms with Crippen LogP contribution in [0.25, 0.3) is 0 Å². The third-order valence-electron chi connectivity index (χ3n) is 2.02. The molecule has 1 aliphatic rings. The molecule has 1 aromatic heterocycles. The molecule has 0 saturated heterocycles. The Balaban J connectivity index is 2.57. The van der Waals surface area contributed by atoms with Crippen molar-refractivity contribution < 1.29 is 9.32 Å². The molecule has 2 heterocycles. The SMILES string of the molecule is NC(=O)n1oc2c(c1=O)CCNC2.